The lowest BCUT2D eigenvalue weighted by Crippen LogP contribution is -2.48. The monoisotopic (exact) mass is 655 g/mol. The van der Waals surface area contributed by atoms with E-state index < -0.39 is 0 Å². The molecule has 1 N–H and O–H groups in total. The lowest BCUT2D eigenvalue weighted by atomic mass is 9.90. The fraction of sp³-hybridized carbons (Fsp3) is 0.359. The van der Waals surface area contributed by atoms with Crippen molar-refractivity contribution in [2.75, 3.05) is 39.3 Å². The second-order valence-corrected chi connectivity index (χ2v) is 13.4. The van der Waals surface area contributed by atoms with Gasteiger partial charge in [-0.05, 0) is 74.5 Å². The van der Waals surface area contributed by atoms with Crippen LogP contribution >= 0.6 is 0 Å². The van der Waals surface area contributed by atoms with Crippen molar-refractivity contribution in [1.82, 2.24) is 34.6 Å². The molecule has 8 rings (SSSR count). The van der Waals surface area contributed by atoms with Gasteiger partial charge in [0, 0.05) is 68.0 Å². The molecule has 5 aromatic rings. The van der Waals surface area contributed by atoms with E-state index in [4.69, 9.17) is 9.97 Å². The first-order chi connectivity index (χ1) is 24.1. The number of nitrogens with zero attached hydrogens (tertiary/aromatic N) is 6. The molecule has 2 aromatic carbocycles. The Balaban J connectivity index is 1.09. The number of rotatable bonds is 11. The van der Waals surface area contributed by atoms with Crippen molar-refractivity contribution in [3.63, 3.8) is 0 Å². The molecule has 3 aliphatic rings. The molecule has 5 heterocycles. The number of piperazine rings is 1. The minimum Gasteiger partial charge on any atom is -0.354 e. The number of aromatic nitrogens is 3. The summed E-state index contributed by atoms with van der Waals surface area (Å²) >= 11 is 0. The van der Waals surface area contributed by atoms with Crippen LogP contribution in [-0.2, 0) is 24.3 Å². The zero-order valence-electron chi connectivity index (χ0n) is 27.7. The molecule has 3 aromatic heterocycles. The Hall–Kier alpha value is -4.93. The highest BCUT2D eigenvalue weighted by Gasteiger charge is 2.35. The Labute approximate surface area is 285 Å². The van der Waals surface area contributed by atoms with Crippen molar-refractivity contribution in [1.29, 1.82) is 0 Å². The number of hydrogen-bond donors (Lipinski definition) is 1. The van der Waals surface area contributed by atoms with E-state index in [9.17, 15) is 14.4 Å². The number of amides is 3. The van der Waals surface area contributed by atoms with Crippen LogP contribution in [0.25, 0.3) is 21.8 Å². The van der Waals surface area contributed by atoms with Crippen LogP contribution in [0.1, 0.15) is 69.4 Å². The summed E-state index contributed by atoms with van der Waals surface area (Å²) in [5, 5.41) is 5.26. The molecule has 10 heteroatoms. The number of benzene rings is 2. The van der Waals surface area contributed by atoms with Gasteiger partial charge in [0.2, 0.25) is 5.91 Å². The third-order valence-electron chi connectivity index (χ3n) is 10.4. The van der Waals surface area contributed by atoms with Crippen molar-refractivity contribution in [3.05, 3.63) is 107 Å². The molecule has 0 spiro atoms. The van der Waals surface area contributed by atoms with Crippen LogP contribution < -0.4 is 5.32 Å². The first-order valence-electron chi connectivity index (χ1n) is 17.5. The zero-order chi connectivity index (χ0) is 33.3. The molecular formula is C39H41N7O3. The SMILES string of the molecule is O=C1CN(CCCN(Cc2nccc3c4ccccc4n(CCCN4C(=O)c5ccccc5C4=O)c23)[C@H]2CCCc3cccnc32)CCN1. The van der Waals surface area contributed by atoms with Gasteiger partial charge in [0.05, 0.1) is 40.6 Å². The van der Waals surface area contributed by atoms with Crippen molar-refractivity contribution >= 4 is 39.5 Å². The fourth-order valence-corrected chi connectivity index (χ4v) is 8.11. The molecule has 1 saturated heterocycles. The predicted molar refractivity (Wildman–Crippen MR) is 188 cm³/mol. The van der Waals surface area contributed by atoms with Gasteiger partial charge in [0.25, 0.3) is 11.8 Å². The van der Waals surface area contributed by atoms with Gasteiger partial charge in [-0.1, -0.05) is 36.4 Å². The zero-order valence-corrected chi connectivity index (χ0v) is 27.7. The number of nitrogens with one attached hydrogen (secondary N) is 1. The lowest BCUT2D eigenvalue weighted by molar-refractivity contribution is -0.124. The van der Waals surface area contributed by atoms with Crippen LogP contribution in [0.2, 0.25) is 0 Å². The van der Waals surface area contributed by atoms with Gasteiger partial charge in [-0.2, -0.15) is 0 Å². The summed E-state index contributed by atoms with van der Waals surface area (Å²) in [4.78, 5) is 54.4. The number of pyridine rings is 2. The molecular weight excluding hydrogens is 614 g/mol. The average Bonchev–Trinajstić information content (AvgIpc) is 3.58. The van der Waals surface area contributed by atoms with Gasteiger partial charge in [-0.15, -0.1) is 0 Å². The summed E-state index contributed by atoms with van der Waals surface area (Å²) in [6.45, 7) is 5.40. The molecule has 0 unspecified atom stereocenters. The van der Waals surface area contributed by atoms with Gasteiger partial charge in [-0.3, -0.25) is 39.1 Å². The maximum absolute atomic E-state index is 13.1. The Kier molecular flexibility index (Phi) is 8.65. The third kappa shape index (κ3) is 6.00. The summed E-state index contributed by atoms with van der Waals surface area (Å²) in [5.41, 5.74) is 6.69. The number of aryl methyl sites for hydroxylation is 2. The van der Waals surface area contributed by atoms with Crippen molar-refractivity contribution < 1.29 is 14.4 Å². The highest BCUT2D eigenvalue weighted by Crippen LogP contribution is 2.36. The Morgan fingerprint density at radius 1 is 0.816 bits per heavy atom. The number of fused-ring (bicyclic) bond motifs is 5. The highest BCUT2D eigenvalue weighted by atomic mass is 16.2. The molecule has 1 aliphatic carbocycles. The minimum absolute atomic E-state index is 0.0974. The smallest absolute Gasteiger partial charge is 0.261 e. The third-order valence-corrected chi connectivity index (χ3v) is 10.4. The normalized spacial score (nSPS) is 18.0. The van der Waals surface area contributed by atoms with E-state index in [1.807, 2.05) is 18.5 Å². The summed E-state index contributed by atoms with van der Waals surface area (Å²) in [6.07, 6.45) is 8.59. The van der Waals surface area contributed by atoms with E-state index in [1.54, 1.807) is 24.3 Å². The maximum Gasteiger partial charge on any atom is 0.261 e. The molecule has 0 bridgehead atoms. The number of para-hydroxylation sites is 1. The van der Waals surface area contributed by atoms with Crippen molar-refractivity contribution in [2.45, 2.75) is 51.2 Å². The van der Waals surface area contributed by atoms with E-state index in [-0.39, 0.29) is 23.8 Å². The second kappa shape index (κ2) is 13.5. The van der Waals surface area contributed by atoms with Crippen LogP contribution in [0, 0.1) is 0 Å². The van der Waals surface area contributed by atoms with Crippen LogP contribution in [0.5, 0.6) is 0 Å². The van der Waals surface area contributed by atoms with Gasteiger partial charge < -0.3 is 9.88 Å². The van der Waals surface area contributed by atoms with E-state index in [2.05, 4.69) is 56.1 Å². The standard InChI is InChI=1S/C39H41N7O3/c47-35-26-43(24-19-41-35)20-7-21-44(34-15-5-9-27-10-6-17-42-36(27)34)25-32-37-29(16-18-40-32)28-11-3-4-14-33(28)45(37)22-8-23-46-38(48)30-12-1-2-13-31(30)39(46)49/h1-4,6,10-14,16-18,34H,5,7-9,15,19-26H2,(H,41,47)/t34-/m0/s1. The second-order valence-electron chi connectivity index (χ2n) is 13.4. The van der Waals surface area contributed by atoms with Crippen LogP contribution in [0.15, 0.2) is 79.1 Å². The van der Waals surface area contributed by atoms with Crippen LogP contribution in [0.3, 0.4) is 0 Å². The molecule has 0 radical (unpaired) electrons. The molecule has 0 saturated carbocycles. The number of imide groups is 1. The molecule has 1 fully saturated rings. The van der Waals surface area contributed by atoms with E-state index >= 15 is 0 Å². The topological polar surface area (TPSA) is 104 Å². The van der Waals surface area contributed by atoms with E-state index in [0.717, 1.165) is 67.4 Å². The van der Waals surface area contributed by atoms with Crippen LogP contribution in [-0.4, -0.2) is 86.2 Å². The highest BCUT2D eigenvalue weighted by molar-refractivity contribution is 6.21. The molecule has 2 aliphatic heterocycles. The minimum atomic E-state index is -0.215. The van der Waals surface area contributed by atoms with Gasteiger partial charge in [0.1, 0.15) is 0 Å². The van der Waals surface area contributed by atoms with Crippen molar-refractivity contribution in [2.24, 2.45) is 0 Å². The molecule has 10 nitrogen and oxygen atoms in total. The Morgan fingerprint density at radius 2 is 1.63 bits per heavy atom. The predicted octanol–water partition coefficient (Wildman–Crippen LogP) is 4.97. The summed E-state index contributed by atoms with van der Waals surface area (Å²) in [7, 11) is 0. The Morgan fingerprint density at radius 3 is 2.47 bits per heavy atom. The quantitative estimate of drug-likeness (QED) is 0.201. The molecule has 250 valence electrons. The largest absolute Gasteiger partial charge is 0.354 e. The van der Waals surface area contributed by atoms with E-state index in [1.165, 1.54) is 21.5 Å². The maximum atomic E-state index is 13.1. The molecule has 1 atom stereocenters. The van der Waals surface area contributed by atoms with Gasteiger partial charge >= 0.3 is 0 Å². The fourth-order valence-electron chi connectivity index (χ4n) is 8.11. The number of hydrogen-bond acceptors (Lipinski definition) is 7. The van der Waals surface area contributed by atoms with Crippen LogP contribution in [0.4, 0.5) is 0 Å². The summed E-state index contributed by atoms with van der Waals surface area (Å²) in [6, 6.07) is 22.0. The number of carbonyl (C=O) groups is 3. The summed E-state index contributed by atoms with van der Waals surface area (Å²) < 4.78 is 2.34. The van der Waals surface area contributed by atoms with Crippen molar-refractivity contribution in [3.8, 4) is 0 Å². The first kappa shape index (κ1) is 31.3. The molecule has 3 amide bonds. The number of carbonyl (C=O) groups excluding carboxylic acids is 3. The summed E-state index contributed by atoms with van der Waals surface area (Å²) in [5.74, 6) is -0.333. The average molecular weight is 656 g/mol. The molecule has 49 heavy (non-hydrogen) atoms. The van der Waals surface area contributed by atoms with Gasteiger partial charge in [0.15, 0.2) is 0 Å². The lowest BCUT2D eigenvalue weighted by Gasteiger charge is -2.36. The Bertz CT molecular complexity index is 2020. The van der Waals surface area contributed by atoms with E-state index in [0.29, 0.717) is 50.3 Å². The first-order valence-corrected chi connectivity index (χ1v) is 17.5. The van der Waals surface area contributed by atoms with Gasteiger partial charge in [-0.25, -0.2) is 0 Å².